The van der Waals surface area contributed by atoms with Crippen molar-refractivity contribution in [1.82, 2.24) is 25.9 Å². The Morgan fingerprint density at radius 1 is 1.32 bits per heavy atom. The Balaban J connectivity index is 0.000000406. The second kappa shape index (κ2) is 8.93. The minimum absolute atomic E-state index is 0.0426. The maximum atomic E-state index is 11.3. The molecule has 0 aliphatic carbocycles. The van der Waals surface area contributed by atoms with Crippen molar-refractivity contribution in [2.24, 2.45) is 0 Å². The number of H-pyrrole nitrogens is 1. The van der Waals surface area contributed by atoms with Gasteiger partial charge in [0, 0.05) is 12.8 Å². The molecule has 1 aromatic heterocycles. The highest BCUT2D eigenvalue weighted by Gasteiger charge is 2.16. The molecule has 0 bridgehead atoms. The van der Waals surface area contributed by atoms with Crippen molar-refractivity contribution in [3.05, 3.63) is 0 Å². The highest BCUT2D eigenvalue weighted by molar-refractivity contribution is 5.92. The summed E-state index contributed by atoms with van der Waals surface area (Å²) in [5, 5.41) is 19.4. The van der Waals surface area contributed by atoms with Gasteiger partial charge in [-0.15, -0.1) is 5.10 Å². The third kappa shape index (κ3) is 8.84. The Morgan fingerprint density at radius 3 is 2.45 bits per heavy atom. The van der Waals surface area contributed by atoms with Crippen LogP contribution in [0, 0.1) is 0 Å². The number of carbonyl (C=O) groups excluding carboxylic acids is 2. The zero-order valence-corrected chi connectivity index (χ0v) is 13.2. The number of aromatic amines is 1. The van der Waals surface area contributed by atoms with E-state index in [9.17, 15) is 9.59 Å². The van der Waals surface area contributed by atoms with E-state index < -0.39 is 17.6 Å². The lowest BCUT2D eigenvalue weighted by Crippen LogP contribution is -2.80. The third-order valence-corrected chi connectivity index (χ3v) is 2.46. The van der Waals surface area contributed by atoms with E-state index >= 15 is 0 Å². The first-order chi connectivity index (χ1) is 10.4. The number of nitrogens with zero attached hydrogens (tertiary/aromatic N) is 3. The van der Waals surface area contributed by atoms with Crippen LogP contribution in [0.4, 0.5) is 10.7 Å². The maximum absolute atomic E-state index is 11.3. The third-order valence-electron chi connectivity index (χ3n) is 2.46. The number of anilines is 1. The predicted molar refractivity (Wildman–Crippen MR) is 77.9 cm³/mol. The number of hydrogen-bond donors (Lipinski definition) is 4. The smallest absolute Gasteiger partial charge is 0.408 e. The second-order valence-electron chi connectivity index (χ2n) is 5.71. The minimum Gasteiger partial charge on any atom is -0.444 e. The zero-order chi connectivity index (χ0) is 16.4. The average Bonchev–Trinajstić information content (AvgIpc) is 3.10. The van der Waals surface area contributed by atoms with E-state index in [1.54, 1.807) is 20.8 Å². The second-order valence-corrected chi connectivity index (χ2v) is 5.71. The molecular weight excluding hydrogens is 290 g/mol. The normalized spacial score (nSPS) is 13.8. The van der Waals surface area contributed by atoms with Crippen LogP contribution in [0.15, 0.2) is 0 Å². The highest BCUT2D eigenvalue weighted by Crippen LogP contribution is 2.06. The molecule has 2 amide bonds. The molecule has 0 atom stereocenters. The van der Waals surface area contributed by atoms with Crippen LogP contribution in [-0.4, -0.2) is 57.9 Å². The van der Waals surface area contributed by atoms with Gasteiger partial charge in [-0.2, -0.15) is 5.21 Å². The van der Waals surface area contributed by atoms with Crippen molar-refractivity contribution in [1.29, 1.82) is 0 Å². The summed E-state index contributed by atoms with van der Waals surface area (Å²) in [6.45, 7) is 7.70. The van der Waals surface area contributed by atoms with Gasteiger partial charge in [0.25, 0.3) is 5.95 Å². The molecule has 10 nitrogen and oxygen atoms in total. The van der Waals surface area contributed by atoms with E-state index in [1.165, 1.54) is 25.9 Å². The summed E-state index contributed by atoms with van der Waals surface area (Å²) in [6, 6.07) is 0. The van der Waals surface area contributed by atoms with Crippen LogP contribution in [0.25, 0.3) is 0 Å². The molecule has 0 saturated carbocycles. The average molecular weight is 314 g/mol. The van der Waals surface area contributed by atoms with Gasteiger partial charge in [0.1, 0.15) is 12.1 Å². The molecule has 1 aliphatic heterocycles. The maximum Gasteiger partial charge on any atom is 0.408 e. The molecule has 5 N–H and O–H groups in total. The number of tetrazole rings is 1. The SMILES string of the molecule is C1CC[NH2+]C1.CC(C)(C)OC(=O)NCC(=O)Nc1nn[nH]n1. The summed E-state index contributed by atoms with van der Waals surface area (Å²) in [5.74, 6) is -0.432. The first kappa shape index (κ1) is 17.8. The van der Waals surface area contributed by atoms with Crippen LogP contribution in [0.2, 0.25) is 0 Å². The molecule has 22 heavy (non-hydrogen) atoms. The van der Waals surface area contributed by atoms with Crippen molar-refractivity contribution in [3.8, 4) is 0 Å². The summed E-state index contributed by atoms with van der Waals surface area (Å²) in [7, 11) is 0. The fraction of sp³-hybridized carbons (Fsp3) is 0.750. The zero-order valence-electron chi connectivity index (χ0n) is 13.2. The summed E-state index contributed by atoms with van der Waals surface area (Å²) < 4.78 is 4.94. The Hall–Kier alpha value is -2.23. The number of aromatic nitrogens is 4. The van der Waals surface area contributed by atoms with Gasteiger partial charge in [-0.25, -0.2) is 4.79 Å². The lowest BCUT2D eigenvalue weighted by atomic mass is 10.2. The van der Waals surface area contributed by atoms with Gasteiger partial charge >= 0.3 is 6.09 Å². The largest absolute Gasteiger partial charge is 0.444 e. The van der Waals surface area contributed by atoms with E-state index in [1.807, 2.05) is 0 Å². The van der Waals surface area contributed by atoms with Crippen molar-refractivity contribution < 1.29 is 19.6 Å². The minimum atomic E-state index is -0.666. The van der Waals surface area contributed by atoms with E-state index in [0.717, 1.165) is 0 Å². The van der Waals surface area contributed by atoms with Gasteiger partial charge in [0.15, 0.2) is 0 Å². The van der Waals surface area contributed by atoms with Gasteiger partial charge in [-0.05, 0) is 26.0 Å². The molecule has 1 aromatic rings. The number of nitrogens with two attached hydrogens (primary N) is 1. The molecule has 2 heterocycles. The van der Waals surface area contributed by atoms with Crippen LogP contribution in [0.3, 0.4) is 0 Å². The van der Waals surface area contributed by atoms with Gasteiger partial charge in [-0.3, -0.25) is 10.1 Å². The van der Waals surface area contributed by atoms with Crippen LogP contribution < -0.4 is 16.0 Å². The quantitative estimate of drug-likeness (QED) is 0.565. The van der Waals surface area contributed by atoms with Gasteiger partial charge in [0.2, 0.25) is 5.91 Å². The van der Waals surface area contributed by atoms with E-state index in [2.05, 4.69) is 36.6 Å². The number of alkyl carbamates (subject to hydrolysis) is 1. The molecule has 1 saturated heterocycles. The monoisotopic (exact) mass is 314 g/mol. The van der Waals surface area contributed by atoms with Gasteiger partial charge in [0.05, 0.1) is 13.1 Å². The number of nitrogens with one attached hydrogen (secondary N) is 3. The number of amides is 2. The number of quaternary nitrogens is 1. The van der Waals surface area contributed by atoms with Crippen molar-refractivity contribution >= 4 is 17.9 Å². The first-order valence-corrected chi connectivity index (χ1v) is 7.18. The molecule has 124 valence electrons. The number of hydrogen-bond acceptors (Lipinski definition) is 6. The number of carbonyl (C=O) groups is 2. The molecule has 0 radical (unpaired) electrons. The Morgan fingerprint density at radius 2 is 2.00 bits per heavy atom. The molecule has 1 fully saturated rings. The van der Waals surface area contributed by atoms with Crippen LogP contribution >= 0.6 is 0 Å². The number of rotatable bonds is 3. The molecule has 0 unspecified atom stereocenters. The van der Waals surface area contributed by atoms with Crippen LogP contribution in [-0.2, 0) is 9.53 Å². The Bertz CT molecular complexity index is 444. The van der Waals surface area contributed by atoms with Gasteiger partial charge in [-0.1, -0.05) is 5.10 Å². The lowest BCUT2D eigenvalue weighted by Gasteiger charge is -2.19. The van der Waals surface area contributed by atoms with E-state index in [0.29, 0.717) is 0 Å². The molecule has 0 spiro atoms. The van der Waals surface area contributed by atoms with Crippen molar-refractivity contribution in [3.63, 3.8) is 0 Å². The predicted octanol–water partition coefficient (Wildman–Crippen LogP) is -0.993. The van der Waals surface area contributed by atoms with Crippen molar-refractivity contribution in [2.75, 3.05) is 25.0 Å². The standard InChI is InChI=1S/C8H14N6O3.C4H9N/c1-8(2,3)17-7(16)9-4-5(15)10-6-11-13-14-12-6;1-2-4-5-3-1/h4H2,1-3H3,(H,9,16)(H2,10,11,12,13,14,15);5H,1-4H2/p+1. The summed E-state index contributed by atoms with van der Waals surface area (Å²) in [6.07, 6.45) is 2.22. The molecular formula is C12H24N7O3+. The van der Waals surface area contributed by atoms with Crippen molar-refractivity contribution in [2.45, 2.75) is 39.2 Å². The van der Waals surface area contributed by atoms with Crippen LogP contribution in [0.5, 0.6) is 0 Å². The summed E-state index contributed by atoms with van der Waals surface area (Å²) in [4.78, 5) is 22.5. The highest BCUT2D eigenvalue weighted by atomic mass is 16.6. The first-order valence-electron chi connectivity index (χ1n) is 7.18. The van der Waals surface area contributed by atoms with Crippen LogP contribution in [0.1, 0.15) is 33.6 Å². The van der Waals surface area contributed by atoms with Gasteiger partial charge < -0.3 is 15.4 Å². The van der Waals surface area contributed by atoms with E-state index in [4.69, 9.17) is 4.74 Å². The topological polar surface area (TPSA) is 138 Å². The number of ether oxygens (including phenoxy) is 1. The fourth-order valence-electron chi connectivity index (χ4n) is 1.57. The molecule has 10 heteroatoms. The molecule has 1 aliphatic rings. The Kier molecular flexibility index (Phi) is 7.23. The Labute approximate surface area is 128 Å². The van der Waals surface area contributed by atoms with E-state index in [-0.39, 0.29) is 12.5 Å². The molecule has 2 rings (SSSR count). The lowest BCUT2D eigenvalue weighted by molar-refractivity contribution is -0.635. The fourth-order valence-corrected chi connectivity index (χ4v) is 1.57. The molecule has 0 aromatic carbocycles. The summed E-state index contributed by atoms with van der Waals surface area (Å²) >= 11 is 0. The summed E-state index contributed by atoms with van der Waals surface area (Å²) in [5.41, 5.74) is -0.603.